The number of nitrogens with zero attached hydrogens (tertiary/aromatic N) is 3. The lowest BCUT2D eigenvalue weighted by molar-refractivity contribution is -0.123. The highest BCUT2D eigenvalue weighted by atomic mass is 79.9. The van der Waals surface area contributed by atoms with Crippen molar-refractivity contribution in [3.8, 4) is 17.1 Å². The first-order valence-electron chi connectivity index (χ1n) is 11.0. The van der Waals surface area contributed by atoms with E-state index in [4.69, 9.17) is 4.74 Å². The summed E-state index contributed by atoms with van der Waals surface area (Å²) in [7, 11) is 2.13. The molecule has 0 unspecified atom stereocenters. The summed E-state index contributed by atoms with van der Waals surface area (Å²) >= 11 is 3.59. The number of piperidine rings is 1. The molecule has 1 aromatic carbocycles. The maximum Gasteiger partial charge on any atom is 0.258 e. The molecule has 33 heavy (non-hydrogen) atoms. The molecule has 1 saturated heterocycles. The van der Waals surface area contributed by atoms with Gasteiger partial charge in [-0.2, -0.15) is 0 Å². The Bertz CT molecular complexity index is 1140. The number of pyridine rings is 1. The molecule has 2 aromatic heterocycles. The van der Waals surface area contributed by atoms with E-state index in [0.717, 1.165) is 41.6 Å². The molecule has 1 aliphatic heterocycles. The number of H-pyrrole nitrogens is 1. The van der Waals surface area contributed by atoms with Crippen molar-refractivity contribution in [3.63, 3.8) is 0 Å². The van der Waals surface area contributed by atoms with Gasteiger partial charge in [0.05, 0.1) is 10.2 Å². The summed E-state index contributed by atoms with van der Waals surface area (Å²) in [6, 6.07) is 4.90. The molecule has 0 aliphatic carbocycles. The van der Waals surface area contributed by atoms with Gasteiger partial charge in [-0.1, -0.05) is 0 Å². The first kappa shape index (κ1) is 23.4. The number of amides is 1. The molecule has 0 spiro atoms. The maximum atomic E-state index is 14.7. The largest absolute Gasteiger partial charge is 0.481 e. The van der Waals surface area contributed by atoms with Crippen molar-refractivity contribution < 1.29 is 13.9 Å². The maximum absolute atomic E-state index is 14.7. The van der Waals surface area contributed by atoms with Crippen LogP contribution >= 0.6 is 15.9 Å². The number of hydrogen-bond acceptors (Lipinski definition) is 6. The van der Waals surface area contributed by atoms with Crippen LogP contribution in [0.5, 0.6) is 5.75 Å². The second-order valence-corrected chi connectivity index (χ2v) is 9.50. The highest BCUT2D eigenvalue weighted by Crippen LogP contribution is 2.33. The Morgan fingerprint density at radius 1 is 1.36 bits per heavy atom. The van der Waals surface area contributed by atoms with Crippen LogP contribution < -0.4 is 15.4 Å². The van der Waals surface area contributed by atoms with Gasteiger partial charge < -0.3 is 25.3 Å². The Kier molecular flexibility index (Phi) is 7.14. The molecule has 0 radical (unpaired) electrons. The number of fused-ring (bicyclic) bond motifs is 1. The van der Waals surface area contributed by atoms with Crippen molar-refractivity contribution in [2.45, 2.75) is 38.8 Å². The van der Waals surface area contributed by atoms with Crippen molar-refractivity contribution in [1.82, 2.24) is 25.2 Å². The molecule has 3 aromatic rings. The zero-order valence-electron chi connectivity index (χ0n) is 18.9. The molecule has 1 fully saturated rings. The number of carbonyl (C=O) groups excluding carboxylic acids is 1. The molecule has 0 atom stereocenters. The Labute approximate surface area is 200 Å². The van der Waals surface area contributed by atoms with Crippen molar-refractivity contribution in [2.75, 3.05) is 32.1 Å². The van der Waals surface area contributed by atoms with E-state index >= 15 is 0 Å². The lowest BCUT2D eigenvalue weighted by Gasteiger charge is -2.30. The van der Waals surface area contributed by atoms with Crippen LogP contribution in [0.15, 0.2) is 28.9 Å². The van der Waals surface area contributed by atoms with Crippen LogP contribution in [0.2, 0.25) is 0 Å². The third-order valence-electron chi connectivity index (χ3n) is 5.55. The average Bonchev–Trinajstić information content (AvgIpc) is 3.20. The molecule has 0 bridgehead atoms. The Morgan fingerprint density at radius 2 is 2.12 bits per heavy atom. The number of hydrogen-bond donors (Lipinski definition) is 3. The first-order valence-corrected chi connectivity index (χ1v) is 11.8. The number of carbonyl (C=O) groups is 1. The minimum absolute atomic E-state index is 0.00566. The van der Waals surface area contributed by atoms with Gasteiger partial charge in [-0.25, -0.2) is 14.4 Å². The quantitative estimate of drug-likeness (QED) is 0.438. The lowest BCUT2D eigenvalue weighted by Crippen LogP contribution is -2.36. The van der Waals surface area contributed by atoms with Crippen LogP contribution in [-0.4, -0.2) is 64.6 Å². The van der Waals surface area contributed by atoms with Crippen LogP contribution in [0.4, 0.5) is 10.1 Å². The smallest absolute Gasteiger partial charge is 0.258 e. The fraction of sp³-hybridized carbons (Fsp3) is 0.435. The summed E-state index contributed by atoms with van der Waals surface area (Å²) in [5.41, 5.74) is 2.79. The predicted molar refractivity (Wildman–Crippen MR) is 130 cm³/mol. The van der Waals surface area contributed by atoms with Gasteiger partial charge in [0, 0.05) is 23.8 Å². The summed E-state index contributed by atoms with van der Waals surface area (Å²) in [4.78, 5) is 26.3. The number of halogens is 2. The highest BCUT2D eigenvalue weighted by molar-refractivity contribution is 9.10. The second-order valence-electron chi connectivity index (χ2n) is 8.64. The van der Waals surface area contributed by atoms with Gasteiger partial charge in [0.1, 0.15) is 11.3 Å². The molecule has 1 aliphatic rings. The Hall–Kier alpha value is -2.72. The third kappa shape index (κ3) is 5.62. The molecule has 8 nitrogen and oxygen atoms in total. The second kappa shape index (κ2) is 10.0. The first-order chi connectivity index (χ1) is 15.8. The number of rotatable bonds is 7. The van der Waals surface area contributed by atoms with Crippen molar-refractivity contribution in [1.29, 1.82) is 0 Å². The van der Waals surface area contributed by atoms with Crippen molar-refractivity contribution >= 4 is 38.7 Å². The summed E-state index contributed by atoms with van der Waals surface area (Å²) in [6.07, 6.45) is 3.83. The van der Waals surface area contributed by atoms with Crippen LogP contribution in [0, 0.1) is 5.82 Å². The number of benzene rings is 1. The number of likely N-dealkylation sites (tertiary alicyclic amines) is 1. The van der Waals surface area contributed by atoms with Gasteiger partial charge in [-0.15, -0.1) is 0 Å². The number of imidazole rings is 1. The predicted octanol–water partition coefficient (Wildman–Crippen LogP) is 3.94. The van der Waals surface area contributed by atoms with Crippen molar-refractivity contribution in [2.24, 2.45) is 0 Å². The molecule has 3 heterocycles. The number of aromatic amines is 1. The summed E-state index contributed by atoms with van der Waals surface area (Å²) in [6.45, 7) is 5.55. The third-order valence-corrected chi connectivity index (χ3v) is 6.16. The molecule has 10 heteroatoms. The average molecular weight is 519 g/mol. The van der Waals surface area contributed by atoms with E-state index in [1.807, 2.05) is 13.8 Å². The van der Waals surface area contributed by atoms with Gasteiger partial charge in [0.25, 0.3) is 5.91 Å². The van der Waals surface area contributed by atoms with E-state index in [-0.39, 0.29) is 24.3 Å². The standard InChI is InChI=1S/C23H28BrFN6O2/c1-13(2)27-19(32)12-33-18-5-4-14(10-17(18)25)22-29-21-20(16(24)11-26-23(21)30-22)28-15-6-8-31(3)9-7-15/h4-5,10-11,13,15H,6-9,12H2,1-3H3,(H,27,32)(H2,26,28,29,30). The fourth-order valence-corrected chi connectivity index (χ4v) is 4.26. The normalized spacial score (nSPS) is 15.2. The Morgan fingerprint density at radius 3 is 2.82 bits per heavy atom. The number of ether oxygens (including phenoxy) is 1. The monoisotopic (exact) mass is 518 g/mol. The highest BCUT2D eigenvalue weighted by Gasteiger charge is 2.20. The molecular formula is C23H28BrFN6O2. The number of anilines is 1. The molecule has 1 amide bonds. The topological polar surface area (TPSA) is 95.2 Å². The van der Waals surface area contributed by atoms with Crippen LogP contribution in [0.1, 0.15) is 26.7 Å². The summed E-state index contributed by atoms with van der Waals surface area (Å²) in [5.74, 6) is -0.347. The van der Waals surface area contributed by atoms with Gasteiger partial charge in [0.15, 0.2) is 23.8 Å². The summed E-state index contributed by atoms with van der Waals surface area (Å²) in [5, 5.41) is 6.33. The molecule has 0 saturated carbocycles. The SMILES string of the molecule is CC(C)NC(=O)COc1ccc(-c2nc3ncc(Br)c(NC4CCN(C)CC4)c3[nH]2)cc1F. The molecule has 3 N–H and O–H groups in total. The van der Waals surface area contributed by atoms with Gasteiger partial charge in [-0.05, 0) is 81.0 Å². The van der Waals surface area contributed by atoms with E-state index in [0.29, 0.717) is 23.1 Å². The lowest BCUT2D eigenvalue weighted by atomic mass is 10.1. The minimum Gasteiger partial charge on any atom is -0.481 e. The van der Waals surface area contributed by atoms with E-state index in [2.05, 4.69) is 53.5 Å². The zero-order chi connectivity index (χ0) is 23.5. The summed E-state index contributed by atoms with van der Waals surface area (Å²) < 4.78 is 20.8. The Balaban J connectivity index is 1.54. The van der Waals surface area contributed by atoms with E-state index in [1.54, 1.807) is 12.3 Å². The van der Waals surface area contributed by atoms with E-state index in [9.17, 15) is 9.18 Å². The van der Waals surface area contributed by atoms with Gasteiger partial charge in [0.2, 0.25) is 0 Å². The van der Waals surface area contributed by atoms with E-state index < -0.39 is 5.82 Å². The fourth-order valence-electron chi connectivity index (χ4n) is 3.84. The molecule has 4 rings (SSSR count). The van der Waals surface area contributed by atoms with Gasteiger partial charge >= 0.3 is 0 Å². The number of aromatic nitrogens is 3. The van der Waals surface area contributed by atoms with Crippen molar-refractivity contribution in [3.05, 3.63) is 34.7 Å². The zero-order valence-corrected chi connectivity index (χ0v) is 20.5. The van der Waals surface area contributed by atoms with Gasteiger partial charge in [-0.3, -0.25) is 4.79 Å². The van der Waals surface area contributed by atoms with Crippen LogP contribution in [0.25, 0.3) is 22.6 Å². The molecular weight excluding hydrogens is 491 g/mol. The van der Waals surface area contributed by atoms with Crippen LogP contribution in [-0.2, 0) is 4.79 Å². The minimum atomic E-state index is -0.566. The molecule has 176 valence electrons. The van der Waals surface area contributed by atoms with E-state index in [1.165, 1.54) is 12.1 Å². The van der Waals surface area contributed by atoms with Crippen LogP contribution in [0.3, 0.4) is 0 Å². The number of nitrogens with one attached hydrogen (secondary N) is 3.